The Balaban J connectivity index is 1.08. The molecule has 7 atom stereocenters. The molecule has 6 rings (SSSR count). The van der Waals surface area contributed by atoms with Gasteiger partial charge in [0, 0.05) is 11.1 Å². The normalized spacial score (nSPS) is 25.7. The minimum Gasteiger partial charge on any atom is -0.394 e. The van der Waals surface area contributed by atoms with Gasteiger partial charge in [0.05, 0.1) is 37.3 Å². The van der Waals surface area contributed by atoms with E-state index in [1.165, 1.54) is 13.1 Å². The van der Waals surface area contributed by atoms with Crippen molar-refractivity contribution >= 4 is 39.0 Å². The maximum atomic E-state index is 13.5. The topological polar surface area (TPSA) is 251 Å². The van der Waals surface area contributed by atoms with E-state index in [1.807, 2.05) is 18.2 Å². The molecule has 0 spiro atoms. The molecule has 52 heavy (non-hydrogen) atoms. The van der Waals surface area contributed by atoms with Gasteiger partial charge in [-0.05, 0) is 55.7 Å². The Bertz CT molecular complexity index is 1930. The van der Waals surface area contributed by atoms with Crippen molar-refractivity contribution in [3.8, 4) is 0 Å². The number of urea groups is 2. The quantitative estimate of drug-likeness (QED) is 0.148. The molecule has 3 aliphatic rings. The van der Waals surface area contributed by atoms with E-state index in [-0.39, 0.29) is 21.2 Å². The Morgan fingerprint density at radius 1 is 1.17 bits per heavy atom. The molecule has 3 heterocycles. The molecule has 16 nitrogen and oxygen atoms in total. The highest BCUT2D eigenvalue weighted by Crippen LogP contribution is 2.44. The fourth-order valence-corrected chi connectivity index (χ4v) is 8.86. The van der Waals surface area contributed by atoms with E-state index in [2.05, 4.69) is 39.1 Å². The lowest BCUT2D eigenvalue weighted by Crippen LogP contribution is -2.64. The standard InChI is InChI=1S/C34H45N7O9S2/c1-33(2)13-12-20-24(19-10-7-11-21(19)38-28(20)33)39-32(46)41-52(35,48)23-14-36-30(51-23)34(3,47)17-37-31(45)40-29-26(44)27(25(43)22(15-42)50-29)49-16-18-8-5-4-6-9-18/h4-6,8-9,14,22,25-27,29,42-44,47H,7,10-13,15-17H2,1-3H3,(H2,37,40,45)(H3,35,38,39,41,46,48)/t22-,25-,26-,27+,29?,34-,52?/m1/s1. The highest BCUT2D eigenvalue weighted by Gasteiger charge is 2.46. The van der Waals surface area contributed by atoms with Crippen LogP contribution in [-0.4, -0.2) is 90.5 Å². The minimum absolute atomic E-state index is 0.0374. The first kappa shape index (κ1) is 38.1. The Kier molecular flexibility index (Phi) is 11.0. The van der Waals surface area contributed by atoms with Crippen molar-refractivity contribution in [2.45, 2.75) is 105 Å². The number of nitrogens with zero attached hydrogens (tertiary/aromatic N) is 3. The van der Waals surface area contributed by atoms with Gasteiger partial charge in [-0.15, -0.1) is 15.7 Å². The van der Waals surface area contributed by atoms with Gasteiger partial charge in [-0.25, -0.2) is 23.9 Å². The summed E-state index contributed by atoms with van der Waals surface area (Å²) in [6.07, 6.45) is -1.32. The van der Waals surface area contributed by atoms with E-state index in [0.29, 0.717) is 5.69 Å². The number of aliphatic hydroxyl groups is 4. The molecule has 1 fully saturated rings. The number of aryl methyl sites for hydroxylation is 1. The molecule has 9 N–H and O–H groups in total. The van der Waals surface area contributed by atoms with E-state index in [1.54, 1.807) is 12.1 Å². The van der Waals surface area contributed by atoms with Crippen LogP contribution in [0.1, 0.15) is 66.7 Å². The molecular weight excluding hydrogens is 715 g/mol. The van der Waals surface area contributed by atoms with Gasteiger partial charge in [-0.1, -0.05) is 44.2 Å². The number of pyridine rings is 1. The maximum absolute atomic E-state index is 13.5. The molecule has 0 radical (unpaired) electrons. The maximum Gasteiger partial charge on any atom is 0.354 e. The summed E-state index contributed by atoms with van der Waals surface area (Å²) >= 11 is 0.776. The van der Waals surface area contributed by atoms with E-state index in [4.69, 9.17) is 19.6 Å². The van der Waals surface area contributed by atoms with Crippen molar-refractivity contribution in [2.24, 2.45) is 9.50 Å². The number of hydrogen-bond donors (Lipinski definition) is 8. The largest absolute Gasteiger partial charge is 0.394 e. The molecule has 1 saturated heterocycles. The molecule has 1 aromatic carbocycles. The van der Waals surface area contributed by atoms with Crippen molar-refractivity contribution in [3.63, 3.8) is 0 Å². The van der Waals surface area contributed by atoms with Gasteiger partial charge in [-0.3, -0.25) is 4.98 Å². The van der Waals surface area contributed by atoms with Crippen molar-refractivity contribution < 1.29 is 43.7 Å². The summed E-state index contributed by atoms with van der Waals surface area (Å²) in [4.78, 5) is 35.1. The molecular formula is C34H45N7O9S2. The molecule has 0 bridgehead atoms. The lowest BCUT2D eigenvalue weighted by Gasteiger charge is -2.42. The van der Waals surface area contributed by atoms with Crippen LogP contribution in [0.2, 0.25) is 0 Å². The van der Waals surface area contributed by atoms with E-state index in [9.17, 15) is 34.2 Å². The number of aromatic nitrogens is 2. The van der Waals surface area contributed by atoms with Crippen molar-refractivity contribution in [1.29, 1.82) is 0 Å². The predicted octanol–water partition coefficient (Wildman–Crippen LogP) is 1.71. The first-order chi connectivity index (χ1) is 24.6. The second-order valence-corrected chi connectivity index (χ2v) is 17.2. The highest BCUT2D eigenvalue weighted by molar-refractivity contribution is 7.93. The highest BCUT2D eigenvalue weighted by atomic mass is 32.2. The molecule has 2 aromatic heterocycles. The second kappa shape index (κ2) is 15.0. The van der Waals surface area contributed by atoms with Crippen LogP contribution in [0.5, 0.6) is 0 Å². The third-order valence-corrected chi connectivity index (χ3v) is 12.8. The molecule has 282 valence electrons. The summed E-state index contributed by atoms with van der Waals surface area (Å²) in [6, 6.07) is 7.34. The zero-order valence-corrected chi connectivity index (χ0v) is 30.7. The van der Waals surface area contributed by atoms with Crippen LogP contribution in [0.4, 0.5) is 15.3 Å². The molecule has 4 amide bonds. The molecule has 2 unspecified atom stereocenters. The van der Waals surface area contributed by atoms with Crippen LogP contribution in [0.3, 0.4) is 0 Å². The second-order valence-electron chi connectivity index (χ2n) is 14.2. The number of thiazole rings is 1. The van der Waals surface area contributed by atoms with Crippen LogP contribution in [0.25, 0.3) is 0 Å². The number of rotatable bonds is 10. The zero-order chi connectivity index (χ0) is 37.4. The SMILES string of the molecule is CC1(C)CCc2c1nc1c(c2NC(=O)N=S(N)(=O)c2cnc([C@](C)(O)CNC(=O)NC3O[C@H](CO)[C@@H](O)[C@H](OCc4ccccc4)[C@H]3O)s2)CCC1. The van der Waals surface area contributed by atoms with Crippen LogP contribution >= 0.6 is 11.3 Å². The number of benzene rings is 1. The molecule has 3 aromatic rings. The first-order valence-electron chi connectivity index (χ1n) is 17.0. The summed E-state index contributed by atoms with van der Waals surface area (Å²) < 4.78 is 28.6. The van der Waals surface area contributed by atoms with Crippen LogP contribution < -0.4 is 21.1 Å². The average Bonchev–Trinajstić information content (AvgIpc) is 3.86. The van der Waals surface area contributed by atoms with Gasteiger partial charge in [0.25, 0.3) is 0 Å². The minimum atomic E-state index is -3.77. The number of nitrogens with two attached hydrogens (primary N) is 1. The lowest BCUT2D eigenvalue weighted by molar-refractivity contribution is -0.247. The van der Waals surface area contributed by atoms with Crippen LogP contribution in [-0.2, 0) is 56.3 Å². The van der Waals surface area contributed by atoms with Gasteiger partial charge in [-0.2, -0.15) is 0 Å². The van der Waals surface area contributed by atoms with Gasteiger partial charge in [0.2, 0.25) is 0 Å². The molecule has 2 aliphatic carbocycles. The van der Waals surface area contributed by atoms with Crippen molar-refractivity contribution in [3.05, 3.63) is 69.6 Å². The summed E-state index contributed by atoms with van der Waals surface area (Å²) in [5, 5.41) is 56.3. The Morgan fingerprint density at radius 2 is 1.92 bits per heavy atom. The Labute approximate surface area is 305 Å². The first-order valence-corrected chi connectivity index (χ1v) is 19.4. The van der Waals surface area contributed by atoms with Gasteiger partial charge >= 0.3 is 12.1 Å². The number of hydrogen-bond acceptors (Lipinski definition) is 12. The molecule has 0 saturated carbocycles. The number of aliphatic hydroxyl groups excluding tert-OH is 3. The number of fused-ring (bicyclic) bond motifs is 2. The number of carbonyl (C=O) groups excluding carboxylic acids is 2. The van der Waals surface area contributed by atoms with Gasteiger partial charge < -0.3 is 45.9 Å². The molecule has 1 aliphatic heterocycles. The Morgan fingerprint density at radius 3 is 2.65 bits per heavy atom. The van der Waals surface area contributed by atoms with Crippen LogP contribution in [0.15, 0.2) is 45.1 Å². The number of anilines is 1. The van der Waals surface area contributed by atoms with Crippen molar-refractivity contribution in [1.82, 2.24) is 20.6 Å². The third kappa shape index (κ3) is 7.99. The average molecular weight is 760 g/mol. The van der Waals surface area contributed by atoms with Gasteiger partial charge in [0.1, 0.15) is 39.2 Å². The number of amides is 4. The van der Waals surface area contributed by atoms with E-state index < -0.39 is 71.4 Å². The summed E-state index contributed by atoms with van der Waals surface area (Å²) in [7, 11) is -3.77. The van der Waals surface area contributed by atoms with E-state index >= 15 is 0 Å². The summed E-state index contributed by atoms with van der Waals surface area (Å²) in [5.74, 6) is 0. The zero-order valence-electron chi connectivity index (χ0n) is 29.1. The fraction of sp³-hybridized carbons (Fsp3) is 0.529. The molecule has 18 heteroatoms. The van der Waals surface area contributed by atoms with Crippen molar-refractivity contribution in [2.75, 3.05) is 18.5 Å². The summed E-state index contributed by atoms with van der Waals surface area (Å²) in [5.41, 5.74) is 3.40. The van der Waals surface area contributed by atoms with Gasteiger partial charge in [0.15, 0.2) is 16.1 Å². The smallest absolute Gasteiger partial charge is 0.354 e. The monoisotopic (exact) mass is 759 g/mol. The summed E-state index contributed by atoms with van der Waals surface area (Å²) in [6.45, 7) is 4.66. The Hall–Kier alpha value is -3.59. The number of nitrogens with one attached hydrogen (secondary N) is 3. The third-order valence-electron chi connectivity index (χ3n) is 9.67. The lowest BCUT2D eigenvalue weighted by atomic mass is 9.90. The van der Waals surface area contributed by atoms with E-state index in [0.717, 1.165) is 71.5 Å². The number of ether oxygens (including phenoxy) is 2. The predicted molar refractivity (Wildman–Crippen MR) is 191 cm³/mol. The number of carbonyl (C=O) groups is 2. The van der Waals surface area contributed by atoms with Crippen LogP contribution in [0, 0.1) is 0 Å². The fourth-order valence-electron chi connectivity index (χ4n) is 6.75.